The molecule has 0 fully saturated rings. The number of nitrogens with zero attached hydrogens (tertiary/aromatic N) is 1. The lowest BCUT2D eigenvalue weighted by Crippen LogP contribution is -2.41. The van der Waals surface area contributed by atoms with Gasteiger partial charge in [0.25, 0.3) is 0 Å². The third kappa shape index (κ3) is 4.29. The average molecular weight is 382 g/mol. The van der Waals surface area contributed by atoms with Gasteiger partial charge in [-0.3, -0.25) is 9.59 Å². The Balaban J connectivity index is 1.75. The van der Waals surface area contributed by atoms with Gasteiger partial charge in [0.05, 0.1) is 17.1 Å². The van der Waals surface area contributed by atoms with Crippen molar-refractivity contribution in [3.8, 4) is 5.75 Å². The van der Waals surface area contributed by atoms with Crippen LogP contribution in [0.25, 0.3) is 0 Å². The number of nitrogens with one attached hydrogen (secondary N) is 1. The van der Waals surface area contributed by atoms with Crippen LogP contribution in [0.2, 0.25) is 0 Å². The number of hydrogen-bond donors (Lipinski definition) is 1. The zero-order chi connectivity index (χ0) is 18.7. The van der Waals surface area contributed by atoms with Gasteiger partial charge in [0, 0.05) is 4.90 Å². The number of alkyl halides is 3. The van der Waals surface area contributed by atoms with Crippen molar-refractivity contribution >= 4 is 35.0 Å². The molecule has 0 unspecified atom stereocenters. The molecule has 1 heterocycles. The Bertz CT molecular complexity index is 842. The molecule has 9 heteroatoms. The molecule has 1 aliphatic rings. The Morgan fingerprint density at radius 2 is 1.85 bits per heavy atom. The standard InChI is InChI=1S/C17H13F3N2O3S/c18-17(19,20)25-13-7-3-1-5-11(13)21-15(23)9-22-12-6-2-4-8-14(12)26-10-16(22)24/h1-8H,9-10H2,(H,21,23). The molecular weight excluding hydrogens is 369 g/mol. The monoisotopic (exact) mass is 382 g/mol. The highest BCUT2D eigenvalue weighted by Gasteiger charge is 2.32. The predicted molar refractivity (Wildman–Crippen MR) is 91.3 cm³/mol. The van der Waals surface area contributed by atoms with Gasteiger partial charge in [-0.25, -0.2) is 0 Å². The maximum atomic E-state index is 12.5. The minimum absolute atomic E-state index is 0.123. The molecule has 0 saturated carbocycles. The van der Waals surface area contributed by atoms with Crippen LogP contribution in [0, 0.1) is 0 Å². The summed E-state index contributed by atoms with van der Waals surface area (Å²) >= 11 is 1.37. The second-order valence-electron chi connectivity index (χ2n) is 5.33. The van der Waals surface area contributed by atoms with Crippen molar-refractivity contribution in [3.05, 3.63) is 48.5 Å². The van der Waals surface area contributed by atoms with Gasteiger partial charge in [-0.1, -0.05) is 24.3 Å². The number of fused-ring (bicyclic) bond motifs is 1. The minimum atomic E-state index is -4.88. The number of rotatable bonds is 4. The van der Waals surface area contributed by atoms with Crippen molar-refractivity contribution in [3.63, 3.8) is 0 Å². The van der Waals surface area contributed by atoms with Crippen LogP contribution >= 0.6 is 11.8 Å². The van der Waals surface area contributed by atoms with Gasteiger partial charge in [-0.2, -0.15) is 0 Å². The second kappa shape index (κ2) is 7.28. The number of benzene rings is 2. The topological polar surface area (TPSA) is 58.6 Å². The number of amides is 2. The average Bonchev–Trinajstić information content (AvgIpc) is 2.58. The number of ether oxygens (including phenoxy) is 1. The normalized spacial score (nSPS) is 14.0. The Kier molecular flexibility index (Phi) is 5.08. The summed E-state index contributed by atoms with van der Waals surface area (Å²) in [7, 11) is 0. The fourth-order valence-electron chi connectivity index (χ4n) is 2.44. The number of carbonyl (C=O) groups excluding carboxylic acids is 2. The predicted octanol–water partition coefficient (Wildman–Crippen LogP) is 3.66. The number of para-hydroxylation sites is 3. The Hall–Kier alpha value is -2.68. The Morgan fingerprint density at radius 1 is 1.15 bits per heavy atom. The van der Waals surface area contributed by atoms with Crippen molar-refractivity contribution in [2.45, 2.75) is 11.3 Å². The van der Waals surface area contributed by atoms with E-state index in [4.69, 9.17) is 0 Å². The first-order valence-corrected chi connectivity index (χ1v) is 8.49. The molecule has 2 aromatic rings. The highest BCUT2D eigenvalue weighted by atomic mass is 32.2. The molecule has 3 rings (SSSR count). The van der Waals surface area contributed by atoms with Crippen LogP contribution in [-0.2, 0) is 9.59 Å². The molecule has 1 aliphatic heterocycles. The molecule has 136 valence electrons. The van der Waals surface area contributed by atoms with Gasteiger partial charge in [-0.15, -0.1) is 24.9 Å². The number of anilines is 2. The van der Waals surface area contributed by atoms with Gasteiger partial charge < -0.3 is 15.0 Å². The van der Waals surface area contributed by atoms with E-state index in [-0.39, 0.29) is 23.9 Å². The van der Waals surface area contributed by atoms with Gasteiger partial charge in [0.15, 0.2) is 5.75 Å². The number of halogens is 3. The fourth-order valence-corrected chi connectivity index (χ4v) is 3.38. The zero-order valence-electron chi connectivity index (χ0n) is 13.2. The van der Waals surface area contributed by atoms with Crippen molar-refractivity contribution in [2.24, 2.45) is 0 Å². The first-order valence-electron chi connectivity index (χ1n) is 7.50. The highest BCUT2D eigenvalue weighted by molar-refractivity contribution is 8.00. The number of carbonyl (C=O) groups is 2. The van der Waals surface area contributed by atoms with Crippen LogP contribution in [0.5, 0.6) is 5.75 Å². The molecule has 26 heavy (non-hydrogen) atoms. The zero-order valence-corrected chi connectivity index (χ0v) is 14.1. The van der Waals surface area contributed by atoms with E-state index >= 15 is 0 Å². The van der Waals surface area contributed by atoms with Gasteiger partial charge in [0.1, 0.15) is 6.54 Å². The van der Waals surface area contributed by atoms with E-state index in [1.807, 2.05) is 12.1 Å². The van der Waals surface area contributed by atoms with Crippen molar-refractivity contribution in [1.82, 2.24) is 0 Å². The van der Waals surface area contributed by atoms with Gasteiger partial charge in [0.2, 0.25) is 11.8 Å². The molecule has 0 saturated heterocycles. The number of thioether (sulfide) groups is 1. The molecule has 0 bridgehead atoms. The summed E-state index contributed by atoms with van der Waals surface area (Å²) in [6, 6.07) is 12.3. The van der Waals surface area contributed by atoms with E-state index in [0.29, 0.717) is 5.69 Å². The lowest BCUT2D eigenvalue weighted by Gasteiger charge is -2.28. The summed E-state index contributed by atoms with van der Waals surface area (Å²) in [6.45, 7) is -0.309. The van der Waals surface area contributed by atoms with Crippen LogP contribution in [0.3, 0.4) is 0 Å². The summed E-state index contributed by atoms with van der Waals surface area (Å²) in [4.78, 5) is 26.6. The van der Waals surface area contributed by atoms with E-state index in [2.05, 4.69) is 10.1 Å². The van der Waals surface area contributed by atoms with Gasteiger partial charge >= 0.3 is 6.36 Å². The van der Waals surface area contributed by atoms with E-state index in [9.17, 15) is 22.8 Å². The fraction of sp³-hybridized carbons (Fsp3) is 0.176. The van der Waals surface area contributed by atoms with Crippen molar-refractivity contribution < 1.29 is 27.5 Å². The van der Waals surface area contributed by atoms with Crippen LogP contribution in [0.4, 0.5) is 24.5 Å². The second-order valence-corrected chi connectivity index (χ2v) is 6.35. The summed E-state index contributed by atoms with van der Waals surface area (Å²) in [5, 5.41) is 2.37. The van der Waals surface area contributed by atoms with E-state index in [1.165, 1.54) is 34.9 Å². The summed E-state index contributed by atoms with van der Waals surface area (Å²) in [6.07, 6.45) is -4.88. The van der Waals surface area contributed by atoms with Crippen molar-refractivity contribution in [1.29, 1.82) is 0 Å². The quantitative estimate of drug-likeness (QED) is 0.877. The first kappa shape index (κ1) is 18.1. The van der Waals surface area contributed by atoms with Crippen molar-refractivity contribution in [2.75, 3.05) is 22.5 Å². The Morgan fingerprint density at radius 3 is 2.62 bits per heavy atom. The number of hydrogen-bond acceptors (Lipinski definition) is 4. The molecule has 0 atom stereocenters. The maximum Gasteiger partial charge on any atom is 0.573 e. The maximum absolute atomic E-state index is 12.5. The largest absolute Gasteiger partial charge is 0.573 e. The molecule has 2 aromatic carbocycles. The lowest BCUT2D eigenvalue weighted by molar-refractivity contribution is -0.274. The SMILES string of the molecule is O=C(CN1C(=O)CSc2ccccc21)Nc1ccccc1OC(F)(F)F. The highest BCUT2D eigenvalue weighted by Crippen LogP contribution is 2.35. The third-order valence-electron chi connectivity index (χ3n) is 3.50. The molecule has 0 radical (unpaired) electrons. The molecule has 0 aromatic heterocycles. The molecule has 1 N–H and O–H groups in total. The molecule has 5 nitrogen and oxygen atoms in total. The molecule has 2 amide bonds. The first-order chi connectivity index (χ1) is 12.3. The Labute approximate surface area is 151 Å². The van der Waals surface area contributed by atoms with Gasteiger partial charge in [-0.05, 0) is 24.3 Å². The lowest BCUT2D eigenvalue weighted by atomic mass is 10.2. The smallest absolute Gasteiger partial charge is 0.404 e. The summed E-state index contributed by atoms with van der Waals surface area (Å²) in [5.74, 6) is -1.20. The van der Waals surface area contributed by atoms with Crippen LogP contribution in [0.15, 0.2) is 53.4 Å². The van der Waals surface area contributed by atoms with Crippen LogP contribution in [-0.4, -0.2) is 30.5 Å². The van der Waals surface area contributed by atoms with Crippen LogP contribution in [0.1, 0.15) is 0 Å². The van der Waals surface area contributed by atoms with Crippen LogP contribution < -0.4 is 15.0 Å². The molecule has 0 spiro atoms. The minimum Gasteiger partial charge on any atom is -0.404 e. The third-order valence-corrected chi connectivity index (χ3v) is 4.54. The van der Waals surface area contributed by atoms with E-state index in [0.717, 1.165) is 11.0 Å². The van der Waals surface area contributed by atoms with E-state index < -0.39 is 18.0 Å². The van der Waals surface area contributed by atoms with E-state index in [1.54, 1.807) is 12.1 Å². The summed E-state index contributed by atoms with van der Waals surface area (Å²) < 4.78 is 41.3. The molecular formula is C17H13F3N2O3S. The summed E-state index contributed by atoms with van der Waals surface area (Å²) in [5.41, 5.74) is 0.477. The molecule has 0 aliphatic carbocycles.